The Hall–Kier alpha value is -2.17. The van der Waals surface area contributed by atoms with Crippen molar-refractivity contribution in [1.82, 2.24) is 14.7 Å². The SMILES string of the molecule is COc1cc(N2CCN(C(C=O)n3nc(C(F)(F)F)c(Cl)c3C)CC2)c(N)cc1Cl. The van der Waals surface area contributed by atoms with Crippen molar-refractivity contribution in [2.75, 3.05) is 43.9 Å². The number of nitrogens with two attached hydrogens (primary N) is 1. The molecule has 0 radical (unpaired) electrons. The molecule has 1 fully saturated rings. The van der Waals surface area contributed by atoms with Crippen LogP contribution in [0.4, 0.5) is 24.5 Å². The normalized spacial score (nSPS) is 16.6. The number of carbonyl (C=O) groups excluding carboxylic acids is 1. The zero-order valence-corrected chi connectivity index (χ0v) is 17.7. The first-order chi connectivity index (χ1) is 14.1. The van der Waals surface area contributed by atoms with Gasteiger partial charge in [0.15, 0.2) is 18.1 Å². The number of aromatic nitrogens is 2. The number of alkyl halides is 3. The Labute approximate surface area is 181 Å². The standard InChI is InChI=1S/C18H20Cl2F3N5O2/c1-10-16(20)17(18(21,22)23)25-28(10)15(9-29)27-5-3-26(4-6-27)13-8-14(30-2)11(19)7-12(13)24/h7-9,15H,3-6,24H2,1-2H3. The van der Waals surface area contributed by atoms with E-state index in [0.29, 0.717) is 48.9 Å². The number of carbonyl (C=O) groups is 1. The van der Waals surface area contributed by atoms with Gasteiger partial charge in [0, 0.05) is 32.2 Å². The summed E-state index contributed by atoms with van der Waals surface area (Å²) >= 11 is 11.9. The molecule has 3 rings (SSSR count). The average Bonchev–Trinajstić information content (AvgIpc) is 2.99. The molecule has 1 atom stereocenters. The first-order valence-corrected chi connectivity index (χ1v) is 9.73. The van der Waals surface area contributed by atoms with E-state index in [2.05, 4.69) is 5.10 Å². The number of halogens is 5. The van der Waals surface area contributed by atoms with Crippen LogP contribution in [0, 0.1) is 6.92 Å². The highest BCUT2D eigenvalue weighted by atomic mass is 35.5. The molecule has 1 aromatic heterocycles. The number of piperazine rings is 1. The molecule has 30 heavy (non-hydrogen) atoms. The highest BCUT2D eigenvalue weighted by molar-refractivity contribution is 6.32. The van der Waals surface area contributed by atoms with Gasteiger partial charge in [0.2, 0.25) is 0 Å². The number of benzene rings is 1. The number of hydrogen-bond donors (Lipinski definition) is 1. The van der Waals surface area contributed by atoms with Crippen molar-refractivity contribution >= 4 is 40.9 Å². The van der Waals surface area contributed by atoms with E-state index in [4.69, 9.17) is 33.7 Å². The van der Waals surface area contributed by atoms with Crippen LogP contribution >= 0.6 is 23.2 Å². The van der Waals surface area contributed by atoms with E-state index in [0.717, 1.165) is 10.4 Å². The Bertz CT molecular complexity index is 943. The van der Waals surface area contributed by atoms with E-state index < -0.39 is 23.1 Å². The van der Waals surface area contributed by atoms with Crippen molar-refractivity contribution < 1.29 is 22.7 Å². The topological polar surface area (TPSA) is 76.6 Å². The van der Waals surface area contributed by atoms with Gasteiger partial charge in [-0.1, -0.05) is 23.2 Å². The van der Waals surface area contributed by atoms with Crippen LogP contribution in [0.15, 0.2) is 12.1 Å². The third-order valence-electron chi connectivity index (χ3n) is 5.05. The number of rotatable bonds is 5. The van der Waals surface area contributed by atoms with Gasteiger partial charge in [0.25, 0.3) is 0 Å². The number of nitrogen functional groups attached to an aromatic ring is 1. The van der Waals surface area contributed by atoms with Gasteiger partial charge >= 0.3 is 6.18 Å². The van der Waals surface area contributed by atoms with E-state index in [9.17, 15) is 18.0 Å². The molecular weight excluding hydrogens is 446 g/mol. The van der Waals surface area contributed by atoms with E-state index in [1.54, 1.807) is 17.0 Å². The lowest BCUT2D eigenvalue weighted by molar-refractivity contribution is -0.142. The van der Waals surface area contributed by atoms with E-state index in [-0.39, 0.29) is 5.69 Å². The van der Waals surface area contributed by atoms with Gasteiger partial charge in [-0.25, -0.2) is 4.68 Å². The third-order valence-corrected chi connectivity index (χ3v) is 5.80. The molecular formula is C18H20Cl2F3N5O2. The first kappa shape index (κ1) is 22.5. The van der Waals surface area contributed by atoms with Crippen LogP contribution in [-0.2, 0) is 11.0 Å². The second-order valence-corrected chi connectivity index (χ2v) is 7.59. The van der Waals surface area contributed by atoms with Crippen molar-refractivity contribution in [3.63, 3.8) is 0 Å². The summed E-state index contributed by atoms with van der Waals surface area (Å²) < 4.78 is 45.6. The molecule has 164 valence electrons. The van der Waals surface area contributed by atoms with Crippen LogP contribution in [0.1, 0.15) is 17.6 Å². The fraction of sp³-hybridized carbons (Fsp3) is 0.444. The zero-order chi connectivity index (χ0) is 22.2. The molecule has 12 heteroatoms. The van der Waals surface area contributed by atoms with Crippen LogP contribution in [0.2, 0.25) is 10.0 Å². The van der Waals surface area contributed by atoms with Crippen LogP contribution in [0.25, 0.3) is 0 Å². The van der Waals surface area contributed by atoms with Crippen molar-refractivity contribution in [3.05, 3.63) is 33.6 Å². The average molecular weight is 466 g/mol. The van der Waals surface area contributed by atoms with Crippen molar-refractivity contribution in [1.29, 1.82) is 0 Å². The lowest BCUT2D eigenvalue weighted by atomic mass is 10.2. The number of aldehydes is 1. The number of anilines is 2. The Kier molecular flexibility index (Phi) is 6.40. The van der Waals surface area contributed by atoms with Gasteiger partial charge in [-0.2, -0.15) is 18.3 Å². The van der Waals surface area contributed by atoms with Crippen LogP contribution in [0.5, 0.6) is 5.75 Å². The van der Waals surface area contributed by atoms with E-state index in [1.165, 1.54) is 14.0 Å². The molecule has 1 saturated heterocycles. The Balaban J connectivity index is 1.80. The summed E-state index contributed by atoms with van der Waals surface area (Å²) in [6.45, 7) is 3.16. The lowest BCUT2D eigenvalue weighted by Gasteiger charge is -2.39. The summed E-state index contributed by atoms with van der Waals surface area (Å²) in [5.41, 5.74) is 6.17. The van der Waals surface area contributed by atoms with Gasteiger partial charge in [0.1, 0.15) is 5.75 Å². The fourth-order valence-electron chi connectivity index (χ4n) is 3.45. The molecule has 2 N–H and O–H groups in total. The smallest absolute Gasteiger partial charge is 0.436 e. The van der Waals surface area contributed by atoms with Crippen LogP contribution in [0.3, 0.4) is 0 Å². The molecule has 2 aromatic rings. The highest BCUT2D eigenvalue weighted by Gasteiger charge is 2.40. The minimum atomic E-state index is -4.70. The summed E-state index contributed by atoms with van der Waals surface area (Å²) in [6.07, 6.45) is -5.14. The number of ether oxygens (including phenoxy) is 1. The zero-order valence-electron chi connectivity index (χ0n) is 16.2. The largest absolute Gasteiger partial charge is 0.495 e. The summed E-state index contributed by atoms with van der Waals surface area (Å²) in [7, 11) is 1.50. The Morgan fingerprint density at radius 3 is 2.37 bits per heavy atom. The molecule has 2 heterocycles. The molecule has 1 unspecified atom stereocenters. The van der Waals surface area contributed by atoms with Crippen LogP contribution in [-0.4, -0.2) is 54.3 Å². The minimum Gasteiger partial charge on any atom is -0.495 e. The molecule has 1 aliphatic rings. The Morgan fingerprint density at radius 2 is 1.87 bits per heavy atom. The Morgan fingerprint density at radius 1 is 1.23 bits per heavy atom. The second kappa shape index (κ2) is 8.52. The molecule has 0 bridgehead atoms. The van der Waals surface area contributed by atoms with Crippen molar-refractivity contribution in [2.45, 2.75) is 19.3 Å². The molecule has 0 saturated carbocycles. The molecule has 7 nitrogen and oxygen atoms in total. The number of nitrogens with zero attached hydrogens (tertiary/aromatic N) is 4. The molecule has 1 aromatic carbocycles. The predicted molar refractivity (Wildman–Crippen MR) is 108 cm³/mol. The van der Waals surface area contributed by atoms with Gasteiger partial charge in [-0.15, -0.1) is 0 Å². The summed E-state index contributed by atoms with van der Waals surface area (Å²) in [5.74, 6) is 0.482. The molecule has 0 aliphatic carbocycles. The highest BCUT2D eigenvalue weighted by Crippen LogP contribution is 2.37. The predicted octanol–water partition coefficient (Wildman–Crippen LogP) is 3.63. The van der Waals surface area contributed by atoms with Gasteiger partial charge in [-0.05, 0) is 13.0 Å². The van der Waals surface area contributed by atoms with E-state index in [1.807, 2.05) is 4.90 Å². The maximum absolute atomic E-state index is 13.1. The van der Waals surface area contributed by atoms with Crippen molar-refractivity contribution in [2.24, 2.45) is 0 Å². The van der Waals surface area contributed by atoms with Crippen molar-refractivity contribution in [3.8, 4) is 5.75 Å². The summed E-state index contributed by atoms with van der Waals surface area (Å²) in [6, 6.07) is 3.33. The summed E-state index contributed by atoms with van der Waals surface area (Å²) in [4.78, 5) is 15.5. The maximum Gasteiger partial charge on any atom is 0.436 e. The lowest BCUT2D eigenvalue weighted by Crippen LogP contribution is -2.49. The molecule has 0 spiro atoms. The fourth-order valence-corrected chi connectivity index (χ4v) is 3.93. The molecule has 0 amide bonds. The maximum atomic E-state index is 13.1. The quantitative estimate of drug-likeness (QED) is 0.536. The minimum absolute atomic E-state index is 0.0789. The third kappa shape index (κ3) is 4.17. The number of methoxy groups -OCH3 is 1. The summed E-state index contributed by atoms with van der Waals surface area (Å²) in [5, 5.41) is 3.46. The monoisotopic (exact) mass is 465 g/mol. The van der Waals surface area contributed by atoms with Gasteiger partial charge in [-0.3, -0.25) is 9.69 Å². The van der Waals surface area contributed by atoms with Gasteiger partial charge < -0.3 is 15.4 Å². The first-order valence-electron chi connectivity index (χ1n) is 8.97. The van der Waals surface area contributed by atoms with Crippen LogP contribution < -0.4 is 15.4 Å². The van der Waals surface area contributed by atoms with Gasteiger partial charge in [0.05, 0.1) is 34.2 Å². The second-order valence-electron chi connectivity index (χ2n) is 6.81. The number of hydrogen-bond acceptors (Lipinski definition) is 6. The van der Waals surface area contributed by atoms with E-state index >= 15 is 0 Å². The molecule has 1 aliphatic heterocycles.